The third-order valence-electron chi connectivity index (χ3n) is 3.28. The van der Waals surface area contributed by atoms with Gasteiger partial charge in [-0.05, 0) is 44.0 Å². The fourth-order valence-electron chi connectivity index (χ4n) is 2.03. The molecule has 0 unspecified atom stereocenters. The maximum atomic E-state index is 9.11. The van der Waals surface area contributed by atoms with Gasteiger partial charge >= 0.3 is 0 Å². The average molecular weight is 260 g/mol. The quantitative estimate of drug-likeness (QED) is 0.852. The van der Waals surface area contributed by atoms with E-state index in [-0.39, 0.29) is 0 Å². The van der Waals surface area contributed by atoms with Crippen molar-refractivity contribution in [3.05, 3.63) is 45.6 Å². The van der Waals surface area contributed by atoms with Gasteiger partial charge in [0.1, 0.15) is 11.9 Å². The first-order valence-electron chi connectivity index (χ1n) is 5.61. The average Bonchev–Trinajstić information content (AvgIpc) is 2.54. The van der Waals surface area contributed by atoms with E-state index in [1.807, 2.05) is 43.5 Å². The first kappa shape index (κ1) is 12.5. The number of anilines is 1. The minimum atomic E-state index is 0.465. The molecule has 2 N–H and O–H groups in total. The van der Waals surface area contributed by atoms with Crippen LogP contribution >= 0.6 is 11.6 Å². The standard InChI is InChI=1S/C14H14ClN3/c1-8-4-5-11(6-13(8)15)18-10(3)9(2)12(7-16)14(18)17/h4-6H,17H2,1-3H3. The molecule has 0 aliphatic heterocycles. The molecule has 0 saturated heterocycles. The molecule has 0 aliphatic carbocycles. The molecule has 2 rings (SSSR count). The molecule has 1 aromatic carbocycles. The second-order valence-electron chi connectivity index (χ2n) is 4.35. The van der Waals surface area contributed by atoms with Gasteiger partial charge in [0.2, 0.25) is 0 Å². The van der Waals surface area contributed by atoms with Crippen LogP contribution in [-0.4, -0.2) is 4.57 Å². The van der Waals surface area contributed by atoms with Crippen LogP contribution in [0.15, 0.2) is 18.2 Å². The van der Waals surface area contributed by atoms with E-state index in [0.29, 0.717) is 16.4 Å². The molecule has 92 valence electrons. The normalized spacial score (nSPS) is 10.4. The van der Waals surface area contributed by atoms with E-state index >= 15 is 0 Å². The number of nitriles is 1. The highest BCUT2D eigenvalue weighted by Crippen LogP contribution is 2.29. The van der Waals surface area contributed by atoms with Crippen molar-refractivity contribution in [2.45, 2.75) is 20.8 Å². The van der Waals surface area contributed by atoms with Crippen molar-refractivity contribution in [1.29, 1.82) is 5.26 Å². The number of benzene rings is 1. The summed E-state index contributed by atoms with van der Waals surface area (Å²) in [6.07, 6.45) is 0. The highest BCUT2D eigenvalue weighted by Gasteiger charge is 2.16. The van der Waals surface area contributed by atoms with Crippen LogP contribution in [-0.2, 0) is 0 Å². The zero-order valence-corrected chi connectivity index (χ0v) is 11.3. The molecule has 0 aliphatic rings. The fraction of sp³-hybridized carbons (Fsp3) is 0.214. The zero-order chi connectivity index (χ0) is 13.4. The molecule has 1 heterocycles. The van der Waals surface area contributed by atoms with Gasteiger partial charge in [0.25, 0.3) is 0 Å². The summed E-state index contributed by atoms with van der Waals surface area (Å²) in [5.41, 5.74) is 10.3. The number of nitrogens with zero attached hydrogens (tertiary/aromatic N) is 2. The Kier molecular flexibility index (Phi) is 3.06. The Balaban J connectivity index is 2.72. The summed E-state index contributed by atoms with van der Waals surface area (Å²) in [4.78, 5) is 0. The molecule has 0 amide bonds. The van der Waals surface area contributed by atoms with Crippen LogP contribution in [0, 0.1) is 32.1 Å². The highest BCUT2D eigenvalue weighted by molar-refractivity contribution is 6.31. The summed E-state index contributed by atoms with van der Waals surface area (Å²) < 4.78 is 1.86. The molecule has 0 fully saturated rings. The van der Waals surface area contributed by atoms with Crippen molar-refractivity contribution in [2.75, 3.05) is 5.73 Å². The molecule has 3 nitrogen and oxygen atoms in total. The number of hydrogen-bond donors (Lipinski definition) is 1. The number of aromatic nitrogens is 1. The summed E-state index contributed by atoms with van der Waals surface area (Å²) in [6.45, 7) is 5.79. The van der Waals surface area contributed by atoms with Crippen LogP contribution < -0.4 is 5.73 Å². The maximum Gasteiger partial charge on any atom is 0.126 e. The summed E-state index contributed by atoms with van der Waals surface area (Å²) in [6, 6.07) is 7.90. The Morgan fingerprint density at radius 1 is 1.28 bits per heavy atom. The molecule has 18 heavy (non-hydrogen) atoms. The van der Waals surface area contributed by atoms with E-state index in [1.165, 1.54) is 0 Å². The van der Waals surface area contributed by atoms with Crippen LogP contribution in [0.1, 0.15) is 22.4 Å². The SMILES string of the molecule is Cc1ccc(-n2c(C)c(C)c(C#N)c2N)cc1Cl. The van der Waals surface area contributed by atoms with E-state index in [9.17, 15) is 0 Å². The Bertz CT molecular complexity index is 663. The molecule has 4 heteroatoms. The van der Waals surface area contributed by atoms with Crippen molar-refractivity contribution in [3.8, 4) is 11.8 Å². The van der Waals surface area contributed by atoms with Gasteiger partial charge in [-0.3, -0.25) is 4.57 Å². The van der Waals surface area contributed by atoms with Gasteiger partial charge in [-0.15, -0.1) is 0 Å². The molecular formula is C14H14ClN3. The van der Waals surface area contributed by atoms with Crippen molar-refractivity contribution < 1.29 is 0 Å². The molecule has 0 atom stereocenters. The maximum absolute atomic E-state index is 9.11. The van der Waals surface area contributed by atoms with E-state index < -0.39 is 0 Å². The van der Waals surface area contributed by atoms with Crippen LogP contribution in [0.5, 0.6) is 0 Å². The summed E-state index contributed by atoms with van der Waals surface area (Å²) >= 11 is 6.13. The summed E-state index contributed by atoms with van der Waals surface area (Å²) in [5.74, 6) is 0.465. The van der Waals surface area contributed by atoms with E-state index in [4.69, 9.17) is 22.6 Å². The minimum absolute atomic E-state index is 0.465. The number of nitrogen functional groups attached to an aromatic ring is 1. The van der Waals surface area contributed by atoms with Crippen molar-refractivity contribution >= 4 is 17.4 Å². The lowest BCUT2D eigenvalue weighted by Gasteiger charge is -2.10. The largest absolute Gasteiger partial charge is 0.384 e. The molecule has 0 saturated carbocycles. The van der Waals surface area contributed by atoms with E-state index in [1.54, 1.807) is 0 Å². The monoisotopic (exact) mass is 259 g/mol. The van der Waals surface area contributed by atoms with E-state index in [2.05, 4.69) is 6.07 Å². The number of aryl methyl sites for hydroxylation is 1. The highest BCUT2D eigenvalue weighted by atomic mass is 35.5. The van der Waals surface area contributed by atoms with Gasteiger partial charge in [-0.25, -0.2) is 0 Å². The van der Waals surface area contributed by atoms with Crippen LogP contribution in [0.4, 0.5) is 5.82 Å². The molecule has 0 radical (unpaired) electrons. The molecular weight excluding hydrogens is 246 g/mol. The third-order valence-corrected chi connectivity index (χ3v) is 3.68. The zero-order valence-electron chi connectivity index (χ0n) is 10.6. The minimum Gasteiger partial charge on any atom is -0.384 e. The van der Waals surface area contributed by atoms with Crippen LogP contribution in [0.3, 0.4) is 0 Å². The lowest BCUT2D eigenvalue weighted by atomic mass is 10.2. The first-order chi connectivity index (χ1) is 8.47. The van der Waals surface area contributed by atoms with Gasteiger partial charge in [-0.1, -0.05) is 17.7 Å². The fourth-order valence-corrected chi connectivity index (χ4v) is 2.20. The predicted octanol–water partition coefficient (Wildman–Crippen LogP) is 3.51. The number of rotatable bonds is 1. The first-order valence-corrected chi connectivity index (χ1v) is 5.99. The van der Waals surface area contributed by atoms with E-state index in [0.717, 1.165) is 22.5 Å². The smallest absolute Gasteiger partial charge is 0.126 e. The topological polar surface area (TPSA) is 54.7 Å². The Morgan fingerprint density at radius 3 is 2.44 bits per heavy atom. The Labute approximate surface area is 111 Å². The number of nitrogens with two attached hydrogens (primary N) is 1. The van der Waals surface area contributed by atoms with Gasteiger partial charge in [-0.2, -0.15) is 5.26 Å². The lowest BCUT2D eigenvalue weighted by molar-refractivity contribution is 1.01. The number of hydrogen-bond acceptors (Lipinski definition) is 2. The Morgan fingerprint density at radius 2 is 1.94 bits per heavy atom. The molecule has 0 bridgehead atoms. The van der Waals surface area contributed by atoms with Gasteiger partial charge < -0.3 is 5.73 Å². The third kappa shape index (κ3) is 1.75. The van der Waals surface area contributed by atoms with Crippen LogP contribution in [0.25, 0.3) is 5.69 Å². The second kappa shape index (κ2) is 4.40. The predicted molar refractivity (Wildman–Crippen MR) is 74.1 cm³/mol. The molecule has 2 aromatic rings. The van der Waals surface area contributed by atoms with Gasteiger partial charge in [0.05, 0.1) is 5.56 Å². The van der Waals surface area contributed by atoms with Crippen molar-refractivity contribution in [1.82, 2.24) is 4.57 Å². The Hall–Kier alpha value is -1.92. The lowest BCUT2D eigenvalue weighted by Crippen LogP contribution is -2.02. The molecule has 1 aromatic heterocycles. The summed E-state index contributed by atoms with van der Waals surface area (Å²) in [7, 11) is 0. The number of halogens is 1. The van der Waals surface area contributed by atoms with Crippen LogP contribution in [0.2, 0.25) is 5.02 Å². The molecule has 0 spiro atoms. The summed E-state index contributed by atoms with van der Waals surface area (Å²) in [5, 5.41) is 9.80. The van der Waals surface area contributed by atoms with Crippen molar-refractivity contribution in [3.63, 3.8) is 0 Å². The van der Waals surface area contributed by atoms with Gasteiger partial charge in [0.15, 0.2) is 0 Å². The second-order valence-corrected chi connectivity index (χ2v) is 4.76. The van der Waals surface area contributed by atoms with Crippen molar-refractivity contribution in [2.24, 2.45) is 0 Å². The van der Waals surface area contributed by atoms with Gasteiger partial charge in [0, 0.05) is 16.4 Å².